The number of ketones is 1. The lowest BCUT2D eigenvalue weighted by Gasteiger charge is -2.14. The van der Waals surface area contributed by atoms with Crippen LogP contribution in [0.2, 0.25) is 0 Å². The molecule has 1 atom stereocenters. The molecule has 50 heavy (non-hydrogen) atoms. The molecule has 4 aromatic heterocycles. The molecule has 9 nitrogen and oxygen atoms in total. The number of carbonyl (C=O) groups is 1. The number of benzene rings is 2. The van der Waals surface area contributed by atoms with Crippen LogP contribution in [0.3, 0.4) is 0 Å². The smallest absolute Gasteiger partial charge is 0.269 e. The molecule has 8 rings (SSSR count). The van der Waals surface area contributed by atoms with Crippen LogP contribution in [-0.2, 0) is 19.4 Å². The van der Waals surface area contributed by atoms with E-state index in [2.05, 4.69) is 14.9 Å². The molecule has 2 aliphatic heterocycles. The first-order valence-corrected chi connectivity index (χ1v) is 17.0. The summed E-state index contributed by atoms with van der Waals surface area (Å²) in [4.78, 5) is 39.3. The first-order valence-electron chi connectivity index (χ1n) is 16.2. The lowest BCUT2D eigenvalue weighted by atomic mass is 10.0. The fourth-order valence-corrected chi connectivity index (χ4v) is 7.47. The highest BCUT2D eigenvalue weighted by Crippen LogP contribution is 2.39. The van der Waals surface area contributed by atoms with Crippen molar-refractivity contribution >= 4 is 27.3 Å². The zero-order valence-corrected chi connectivity index (χ0v) is 27.5. The molecular formula is C38H30F2N4O5S. The number of nitrogens with zero attached hydrogens (tertiary/aromatic N) is 4. The van der Waals surface area contributed by atoms with Gasteiger partial charge in [0.25, 0.3) is 5.56 Å². The number of thiophene rings is 1. The summed E-state index contributed by atoms with van der Waals surface area (Å²) in [7, 11) is 0. The largest absolute Gasteiger partial charge is 0.492 e. The molecule has 2 aromatic carbocycles. The van der Waals surface area contributed by atoms with Crippen molar-refractivity contribution in [2.45, 2.75) is 31.9 Å². The molecule has 0 saturated carbocycles. The highest BCUT2D eigenvalue weighted by atomic mass is 32.1. The summed E-state index contributed by atoms with van der Waals surface area (Å²) in [6, 6.07) is 17.3. The summed E-state index contributed by atoms with van der Waals surface area (Å²) in [6.07, 6.45) is 5.84. The highest BCUT2D eigenvalue weighted by molar-refractivity contribution is 7.22. The fraction of sp³-hybridized carbons (Fsp3) is 0.211. The number of aromatic nitrogens is 3. The quantitative estimate of drug-likeness (QED) is 0.171. The van der Waals surface area contributed by atoms with Crippen LogP contribution in [0.5, 0.6) is 17.2 Å². The molecule has 2 aliphatic rings. The molecule has 6 heterocycles. The lowest BCUT2D eigenvalue weighted by Crippen LogP contribution is -2.27. The number of rotatable bonds is 9. The van der Waals surface area contributed by atoms with E-state index < -0.39 is 23.0 Å². The number of ether oxygens (including phenoxy) is 2. The van der Waals surface area contributed by atoms with Gasteiger partial charge in [0.2, 0.25) is 0 Å². The lowest BCUT2D eigenvalue weighted by molar-refractivity contribution is 0.0988. The van der Waals surface area contributed by atoms with Crippen LogP contribution in [0.25, 0.3) is 26.5 Å². The molecule has 1 fully saturated rings. The Kier molecular flexibility index (Phi) is 8.43. The average molecular weight is 693 g/mol. The number of pyridine rings is 3. The van der Waals surface area contributed by atoms with Crippen molar-refractivity contribution in [3.05, 3.63) is 130 Å². The van der Waals surface area contributed by atoms with E-state index in [1.165, 1.54) is 52.3 Å². The van der Waals surface area contributed by atoms with E-state index in [4.69, 9.17) is 9.47 Å². The molecule has 0 amide bonds. The Morgan fingerprint density at radius 1 is 1.02 bits per heavy atom. The van der Waals surface area contributed by atoms with Crippen LogP contribution >= 0.6 is 11.3 Å². The normalized spacial score (nSPS) is 15.7. The Morgan fingerprint density at radius 3 is 2.62 bits per heavy atom. The zero-order valence-electron chi connectivity index (χ0n) is 26.6. The van der Waals surface area contributed by atoms with Crippen molar-refractivity contribution in [3.63, 3.8) is 0 Å². The van der Waals surface area contributed by atoms with Crippen LogP contribution in [0.4, 0.5) is 8.78 Å². The first kappa shape index (κ1) is 31.9. The number of aliphatic hydroxyl groups excluding tert-OH is 1. The van der Waals surface area contributed by atoms with Gasteiger partial charge in [-0.1, -0.05) is 12.1 Å². The Hall–Kier alpha value is -5.30. The number of likely N-dealkylation sites (tertiary alicyclic amines) is 1. The van der Waals surface area contributed by atoms with Gasteiger partial charge < -0.3 is 14.6 Å². The van der Waals surface area contributed by atoms with Crippen molar-refractivity contribution in [3.8, 4) is 33.5 Å². The molecule has 0 spiro atoms. The Bertz CT molecular complexity index is 2310. The van der Waals surface area contributed by atoms with Gasteiger partial charge in [0.15, 0.2) is 17.3 Å². The average Bonchev–Trinajstić information content (AvgIpc) is 3.86. The van der Waals surface area contributed by atoms with E-state index in [-0.39, 0.29) is 29.6 Å². The van der Waals surface area contributed by atoms with Crippen LogP contribution in [0.15, 0.2) is 90.1 Å². The van der Waals surface area contributed by atoms with Crippen molar-refractivity contribution in [2.24, 2.45) is 0 Å². The molecule has 6 aromatic rings. The Balaban J connectivity index is 1.00. The number of carbonyl (C=O) groups excluding carboxylic acids is 1. The number of hydrogen-bond donors (Lipinski definition) is 1. The van der Waals surface area contributed by atoms with Crippen molar-refractivity contribution < 1.29 is 28.2 Å². The Morgan fingerprint density at radius 2 is 1.86 bits per heavy atom. The van der Waals surface area contributed by atoms with Crippen LogP contribution < -0.4 is 15.0 Å². The van der Waals surface area contributed by atoms with Gasteiger partial charge in [-0.15, -0.1) is 11.3 Å². The van der Waals surface area contributed by atoms with E-state index in [1.807, 2.05) is 24.4 Å². The summed E-state index contributed by atoms with van der Waals surface area (Å²) in [5, 5.41) is 9.80. The van der Waals surface area contributed by atoms with Crippen LogP contribution in [-0.4, -0.2) is 56.1 Å². The van der Waals surface area contributed by atoms with Gasteiger partial charge in [-0.05, 0) is 66.1 Å². The van der Waals surface area contributed by atoms with E-state index in [9.17, 15) is 19.1 Å². The molecule has 1 N–H and O–H groups in total. The minimum atomic E-state index is -0.668. The van der Waals surface area contributed by atoms with Crippen molar-refractivity contribution in [1.82, 2.24) is 19.4 Å². The molecule has 1 saturated heterocycles. The third kappa shape index (κ3) is 6.28. The second-order valence-electron chi connectivity index (χ2n) is 12.4. The zero-order chi connectivity index (χ0) is 34.4. The number of hydrogen-bond acceptors (Lipinski definition) is 9. The van der Waals surface area contributed by atoms with Gasteiger partial charge in [-0.25, -0.2) is 8.78 Å². The summed E-state index contributed by atoms with van der Waals surface area (Å²) in [6.45, 7) is 2.59. The standard InChI is InChI=1S/C38H30F2N4O5S/c39-25-3-5-26(6-4-25)44-20-24-11-14-48-36(24)35(38(44)47)31(46)16-22-2-8-32(28(40)15-22)49-33-9-12-41-30-17-34(50-37(30)33)29-7-1-23(18-42-29)19-43-13-10-27(45)21-43/h1-9,12,15,17-18,20,27,45H,10-11,13-14,16,19,21H2. The van der Waals surface area contributed by atoms with E-state index in [1.54, 1.807) is 24.5 Å². The van der Waals surface area contributed by atoms with Gasteiger partial charge in [0.05, 0.1) is 33.5 Å². The van der Waals surface area contributed by atoms with E-state index in [0.717, 1.165) is 40.3 Å². The first-order chi connectivity index (χ1) is 24.3. The summed E-state index contributed by atoms with van der Waals surface area (Å²) in [5.41, 5.74) is 3.29. The predicted molar refractivity (Wildman–Crippen MR) is 184 cm³/mol. The molecule has 12 heteroatoms. The third-order valence-corrected chi connectivity index (χ3v) is 10.1. The van der Waals surface area contributed by atoms with Gasteiger partial charge in [-0.3, -0.25) is 29.0 Å². The monoisotopic (exact) mass is 692 g/mol. The summed E-state index contributed by atoms with van der Waals surface area (Å²) < 4.78 is 42.8. The molecular weight excluding hydrogens is 663 g/mol. The number of aliphatic hydroxyl groups is 1. The molecule has 1 unspecified atom stereocenters. The van der Waals surface area contributed by atoms with Gasteiger partial charge in [0, 0.05) is 68.4 Å². The SMILES string of the molecule is O=C(Cc1ccc(Oc2ccnc3cc(-c4ccc(CN5CCC(O)C5)cn4)sc23)c(F)c1)c1c2c(cn(-c3ccc(F)cc3)c1=O)CCO2. The van der Waals surface area contributed by atoms with E-state index >= 15 is 4.39 Å². The maximum Gasteiger partial charge on any atom is 0.269 e. The topological polar surface area (TPSA) is 107 Å². The second-order valence-corrected chi connectivity index (χ2v) is 13.5. The maximum atomic E-state index is 15.5. The van der Waals surface area contributed by atoms with Gasteiger partial charge in [-0.2, -0.15) is 0 Å². The number of β-amino-alcohol motifs (C(OH)–C–C–N with tert-alkyl or cyclic N) is 1. The summed E-state index contributed by atoms with van der Waals surface area (Å²) in [5.74, 6) is -0.989. The van der Waals surface area contributed by atoms with Gasteiger partial charge in [0.1, 0.15) is 22.9 Å². The molecule has 0 bridgehead atoms. The van der Waals surface area contributed by atoms with Crippen molar-refractivity contribution in [1.29, 1.82) is 0 Å². The maximum absolute atomic E-state index is 15.5. The number of fused-ring (bicyclic) bond motifs is 2. The Labute approximate surface area is 289 Å². The van der Waals surface area contributed by atoms with Crippen LogP contribution in [0, 0.1) is 11.6 Å². The molecule has 0 aliphatic carbocycles. The second kappa shape index (κ2) is 13.2. The number of halogens is 2. The fourth-order valence-electron chi connectivity index (χ4n) is 6.43. The minimum absolute atomic E-state index is 0.0271. The van der Waals surface area contributed by atoms with Gasteiger partial charge >= 0.3 is 0 Å². The van der Waals surface area contributed by atoms with Crippen molar-refractivity contribution in [2.75, 3.05) is 19.7 Å². The highest BCUT2D eigenvalue weighted by Gasteiger charge is 2.27. The molecule has 252 valence electrons. The van der Waals surface area contributed by atoms with Crippen LogP contribution in [0.1, 0.15) is 33.5 Å². The third-order valence-electron chi connectivity index (χ3n) is 8.93. The summed E-state index contributed by atoms with van der Waals surface area (Å²) >= 11 is 1.44. The minimum Gasteiger partial charge on any atom is -0.492 e. The predicted octanol–water partition coefficient (Wildman–Crippen LogP) is 6.51. The van der Waals surface area contributed by atoms with E-state index in [0.29, 0.717) is 47.7 Å². The molecule has 0 radical (unpaired) electrons. The number of Topliss-reactive ketones (excluding diaryl/α,β-unsaturated/α-hetero) is 1.